The van der Waals surface area contributed by atoms with E-state index in [2.05, 4.69) is 109 Å². The van der Waals surface area contributed by atoms with Crippen molar-refractivity contribution in [1.29, 1.82) is 0 Å². The first-order valence-corrected chi connectivity index (χ1v) is 51.2. The number of sulfonamides is 1. The van der Waals surface area contributed by atoms with Crippen molar-refractivity contribution in [3.05, 3.63) is 319 Å². The van der Waals surface area contributed by atoms with Gasteiger partial charge in [0, 0.05) is 160 Å². The molecule has 0 aliphatic carbocycles. The number of aryl methyl sites for hydroxylation is 4. The molecule has 19 rings (SSSR count). The number of rotatable bonds is 25. The zero-order chi connectivity index (χ0) is 104. The molecule has 4 aliphatic heterocycles. The third-order valence-electron chi connectivity index (χ3n) is 28.6. The van der Waals surface area contributed by atoms with Gasteiger partial charge in [-0.15, -0.1) is 0 Å². The van der Waals surface area contributed by atoms with Gasteiger partial charge in [-0.25, -0.2) is 18.4 Å². The van der Waals surface area contributed by atoms with Crippen LogP contribution in [0.3, 0.4) is 0 Å². The number of H-pyrrole nitrogens is 4. The Labute approximate surface area is 845 Å². The van der Waals surface area contributed by atoms with Crippen LogP contribution < -0.4 is 71.7 Å². The van der Waals surface area contributed by atoms with Crippen LogP contribution in [0, 0.1) is 73.1 Å². The van der Waals surface area contributed by atoms with Gasteiger partial charge in [0.1, 0.15) is 23.0 Å². The average Bonchev–Trinajstić information content (AvgIpc) is 1.57. The number of hydrogen-bond donors (Lipinski definition) is 8. The van der Waals surface area contributed by atoms with E-state index < -0.39 is 10.0 Å². The molecule has 0 spiro atoms. The molecule has 0 bridgehead atoms. The van der Waals surface area contributed by atoms with Crippen molar-refractivity contribution in [3.63, 3.8) is 0 Å². The molecule has 15 aromatic rings. The summed E-state index contributed by atoms with van der Waals surface area (Å²) < 4.78 is 67.2. The molecule has 146 heavy (non-hydrogen) atoms. The summed E-state index contributed by atoms with van der Waals surface area (Å²) in [6, 6.07) is 54.5. The van der Waals surface area contributed by atoms with Crippen LogP contribution in [-0.2, 0) is 52.1 Å². The second kappa shape index (κ2) is 45.3. The fourth-order valence-electron chi connectivity index (χ4n) is 21.2. The zero-order valence-electron chi connectivity index (χ0n) is 85.1. The number of nitrogens with zero attached hydrogens (tertiary/aromatic N) is 8. The van der Waals surface area contributed by atoms with Crippen molar-refractivity contribution in [2.75, 3.05) is 90.0 Å². The third-order valence-corrected chi connectivity index (χ3v) is 29.8. The van der Waals surface area contributed by atoms with E-state index in [1.807, 2.05) is 141 Å². The number of para-hydroxylation sites is 3. The Morgan fingerprint density at radius 2 is 0.808 bits per heavy atom. The van der Waals surface area contributed by atoms with Crippen molar-refractivity contribution < 1.29 is 60.8 Å². The molecule has 0 saturated carbocycles. The number of nitrogens with one attached hydrogen (secondary N) is 8. The number of hydrogen-bond acceptors (Lipinski definition) is 20. The van der Waals surface area contributed by atoms with Gasteiger partial charge in [-0.1, -0.05) is 103 Å². The van der Waals surface area contributed by atoms with E-state index in [4.69, 9.17) is 28.4 Å². The lowest BCUT2D eigenvalue weighted by Gasteiger charge is -2.36. The fourth-order valence-corrected chi connectivity index (χ4v) is 22.2. The van der Waals surface area contributed by atoms with Crippen LogP contribution in [0.2, 0.25) is 0 Å². The van der Waals surface area contributed by atoms with Gasteiger partial charge in [0.05, 0.1) is 128 Å². The molecule has 33 nitrogen and oxygen atoms in total. The summed E-state index contributed by atoms with van der Waals surface area (Å²) in [4.78, 5) is 140. The molecule has 4 aliphatic rings. The molecule has 6 aromatic carbocycles. The number of carbonyl (C=O) groups is 5. The summed E-state index contributed by atoms with van der Waals surface area (Å²) in [6.45, 7) is 24.4. The summed E-state index contributed by atoms with van der Waals surface area (Å²) in [5.41, 5.74) is 16.8. The molecule has 8 N–H and O–H groups in total. The number of aromatic amines is 4. The Balaban J connectivity index is 0.000000140. The highest BCUT2D eigenvalue weighted by atomic mass is 32.2. The summed E-state index contributed by atoms with van der Waals surface area (Å²) >= 11 is 0. The molecular weight excluding hydrogens is 1870 g/mol. The number of ether oxygens (including phenoxy) is 6. The van der Waals surface area contributed by atoms with Gasteiger partial charge in [-0.2, -0.15) is 0 Å². The number of fused-ring (bicyclic) bond motifs is 5. The van der Waals surface area contributed by atoms with Gasteiger partial charge in [0.25, 0.3) is 45.9 Å². The number of piperidine rings is 1. The van der Waals surface area contributed by atoms with Crippen LogP contribution in [0.4, 0.5) is 11.6 Å². The molecule has 9 aromatic heterocycles. The van der Waals surface area contributed by atoms with E-state index >= 15 is 0 Å². The number of benzene rings is 6. The minimum absolute atomic E-state index is 0.000617. The van der Waals surface area contributed by atoms with Gasteiger partial charge in [-0.05, 0) is 210 Å². The molecular formula is C112H126N16O17S. The van der Waals surface area contributed by atoms with Crippen LogP contribution in [0.1, 0.15) is 190 Å². The highest BCUT2D eigenvalue weighted by molar-refractivity contribution is 7.92. The highest BCUT2D eigenvalue weighted by Gasteiger charge is 2.36. The van der Waals surface area contributed by atoms with E-state index in [0.717, 1.165) is 137 Å². The molecule has 34 heteroatoms. The minimum Gasteiger partial charge on any atom is -0.496 e. The van der Waals surface area contributed by atoms with Gasteiger partial charge in [0.2, 0.25) is 21.9 Å². The van der Waals surface area contributed by atoms with Crippen molar-refractivity contribution in [3.8, 4) is 39.8 Å². The first-order chi connectivity index (χ1) is 70.3. The molecule has 3 fully saturated rings. The van der Waals surface area contributed by atoms with Crippen molar-refractivity contribution >= 4 is 94.8 Å². The van der Waals surface area contributed by atoms with Crippen molar-refractivity contribution in [2.24, 2.45) is 17.8 Å². The normalized spacial score (nSPS) is 14.5. The first-order valence-electron chi connectivity index (χ1n) is 49.3. The zero-order valence-corrected chi connectivity index (χ0v) is 85.9. The Morgan fingerprint density at radius 1 is 0.418 bits per heavy atom. The van der Waals surface area contributed by atoms with E-state index in [9.17, 15) is 51.6 Å². The van der Waals surface area contributed by atoms with E-state index in [1.165, 1.54) is 39.0 Å². The number of pyridine rings is 4. The Bertz CT molecular complexity index is 7800. The van der Waals surface area contributed by atoms with E-state index in [1.54, 1.807) is 75.8 Å². The second-order valence-corrected chi connectivity index (χ2v) is 39.6. The molecule has 762 valence electrons. The van der Waals surface area contributed by atoms with Crippen LogP contribution in [0.15, 0.2) is 201 Å². The van der Waals surface area contributed by atoms with Crippen LogP contribution in [0.5, 0.6) is 23.0 Å². The Kier molecular flexibility index (Phi) is 32.1. The van der Waals surface area contributed by atoms with Gasteiger partial charge in [0.15, 0.2) is 0 Å². The van der Waals surface area contributed by atoms with Crippen molar-refractivity contribution in [1.82, 2.24) is 69.4 Å². The standard InChI is InChI=1S/C31H35N3O4.C29H34N6O3.C28H30N4O5S.C24H27N3O5/c1-19-16-28(37-4)26(30(35)33-19)18-32-31(36)29-21(3)34(20(2)22-12-14-38-15-13-22)27-17-24(10-11-25(27)29)23-8-6-5-7-9-23;1-18-16-25(38-4)23(27(36)33-18)17-32-28(37)26-20(3)35(24-9-6-5-8-22(24)26)19(2)21-10-14-34(15-11-21)29-30-12-7-13-31-29;1-17-15-25(37-3)21(27(33)30-17)16-29-28(34)26-18(2)32(24-11-6-5-9-20(24)26)23-13-7-12-22-19(23)10-8-14-31(22)38(4,35)36;1-14-12-20(31-3)18(22(28)26-14)13-25-23(29)21-15(2)27(19-7-5-4-6-17(19)21)24(30)16-8-10-32-11-9-16/h5-11,16-17,20,22H,12-15,18H2,1-4H3,(H,32,36)(H,33,35);5-9,12-13,16,19,21H,10-11,14-15,17H2,1-4H3,(H,32,37)(H,33,36);5-7,9,11-13,15H,8,10,14,16H2,1-4H3,(H,29,34)(H,30,33);4-7,12,16H,8-11,13H2,1-3H3,(H,25,29)(H,26,28). The number of anilines is 2. The lowest BCUT2D eigenvalue weighted by Crippen LogP contribution is -2.37. The summed E-state index contributed by atoms with van der Waals surface area (Å²) in [5, 5.41) is 15.0. The molecule has 3 saturated heterocycles. The van der Waals surface area contributed by atoms with Crippen molar-refractivity contribution in [2.45, 2.75) is 159 Å². The molecule has 2 atom stereocenters. The number of amides is 4. The van der Waals surface area contributed by atoms with E-state index in [-0.39, 0.29) is 96.0 Å². The largest absolute Gasteiger partial charge is 0.496 e. The fraction of sp³-hybridized carbons (Fsp3) is 0.348. The molecule has 13 heterocycles. The van der Waals surface area contributed by atoms with E-state index in [0.29, 0.717) is 163 Å². The number of aromatic nitrogens is 10. The SMILES string of the molecule is COc1cc(C)[nH]c(=O)c1CNC(=O)c1c(C)n(-c2cccc3c2CCCN3S(C)(=O)=O)c2ccccc12.COc1cc(C)[nH]c(=O)c1CNC(=O)c1c(C)n(C(=O)C2CCOCC2)c2ccccc12.COc1cc(C)[nH]c(=O)c1CNC(=O)c1c(C)n(C(C)C2CCN(c3ncccn3)CC2)c2ccccc12.COc1cc(C)[nH]c(=O)c1CNC(=O)c1c(C)n(C(C)C2CCOCC2)c2cc(-c3ccccc3)ccc12. The highest BCUT2D eigenvalue weighted by Crippen LogP contribution is 2.43. The molecule has 0 radical (unpaired) electrons. The second-order valence-electron chi connectivity index (χ2n) is 37.7. The number of methoxy groups -OCH3 is 4. The third kappa shape index (κ3) is 21.7. The minimum atomic E-state index is -3.42. The Hall–Kier alpha value is -15.4. The summed E-state index contributed by atoms with van der Waals surface area (Å²) in [5.74, 6) is 2.23. The maximum atomic E-state index is 13.7. The average molecular weight is 2000 g/mol. The summed E-state index contributed by atoms with van der Waals surface area (Å²) in [7, 11) is 2.60. The van der Waals surface area contributed by atoms with Gasteiger partial charge >= 0.3 is 0 Å². The monoisotopic (exact) mass is 2000 g/mol. The van der Waals surface area contributed by atoms with Crippen LogP contribution >= 0.6 is 0 Å². The van der Waals surface area contributed by atoms with Gasteiger partial charge < -0.3 is 88.2 Å². The predicted molar refractivity (Wildman–Crippen MR) is 566 cm³/mol. The molecule has 2 unspecified atom stereocenters. The maximum absolute atomic E-state index is 13.7. The molecule has 4 amide bonds. The first kappa shape index (κ1) is 103. The number of carbonyl (C=O) groups excluding carboxylic acids is 5. The quantitative estimate of drug-likeness (QED) is 0.0263. The lowest BCUT2D eigenvalue weighted by atomic mass is 9.90. The lowest BCUT2D eigenvalue weighted by molar-refractivity contribution is 0.0488. The maximum Gasteiger partial charge on any atom is 0.256 e. The van der Waals surface area contributed by atoms with Crippen LogP contribution in [-0.4, -0.2) is 167 Å². The predicted octanol–water partition coefficient (Wildman–Crippen LogP) is 16.2. The van der Waals surface area contributed by atoms with Gasteiger partial charge in [-0.3, -0.25) is 52.0 Å². The smallest absolute Gasteiger partial charge is 0.256 e. The Morgan fingerprint density at radius 3 is 1.27 bits per heavy atom. The van der Waals surface area contributed by atoms with Crippen LogP contribution in [0.25, 0.3) is 60.4 Å². The summed E-state index contributed by atoms with van der Waals surface area (Å²) in [6.07, 6.45) is 11.6. The topological polar surface area (TPSA) is 406 Å².